The number of halogens is 1. The maximum absolute atomic E-state index is 4.36. The average Bonchev–Trinajstić information content (AvgIpc) is 2.64. The van der Waals surface area contributed by atoms with Crippen LogP contribution in [0.3, 0.4) is 0 Å². The molecule has 1 heterocycles. The van der Waals surface area contributed by atoms with Crippen molar-refractivity contribution in [3.05, 3.63) is 0 Å². The molecule has 4 heteroatoms. The second kappa shape index (κ2) is 6.07. The van der Waals surface area contributed by atoms with Gasteiger partial charge in [-0.15, -0.1) is 24.0 Å². The van der Waals surface area contributed by atoms with E-state index in [1.165, 1.54) is 38.8 Å². The van der Waals surface area contributed by atoms with Crippen molar-refractivity contribution in [2.24, 2.45) is 10.4 Å². The number of nitrogens with one attached hydrogen (secondary N) is 1. The molecule has 0 bridgehead atoms. The summed E-state index contributed by atoms with van der Waals surface area (Å²) in [5.41, 5.74) is 0.670. The fraction of sp³-hybridized carbons (Fsp3) is 0.917. The number of hydrogen-bond acceptors (Lipinski definition) is 1. The first kappa shape index (κ1) is 14.1. The van der Waals surface area contributed by atoms with Crippen LogP contribution in [0.2, 0.25) is 0 Å². The van der Waals surface area contributed by atoms with Crippen LogP contribution in [0.15, 0.2) is 4.99 Å². The molecule has 0 aromatic heterocycles. The van der Waals surface area contributed by atoms with Gasteiger partial charge < -0.3 is 10.2 Å². The molecule has 1 N–H and O–H groups in total. The van der Waals surface area contributed by atoms with Gasteiger partial charge in [0.25, 0.3) is 0 Å². The van der Waals surface area contributed by atoms with Gasteiger partial charge in [0.2, 0.25) is 0 Å². The van der Waals surface area contributed by atoms with Crippen molar-refractivity contribution < 1.29 is 0 Å². The van der Waals surface area contributed by atoms with E-state index in [1.807, 2.05) is 7.05 Å². The molecule has 0 unspecified atom stereocenters. The minimum absolute atomic E-state index is 0. The van der Waals surface area contributed by atoms with E-state index in [0.717, 1.165) is 18.9 Å². The van der Waals surface area contributed by atoms with Crippen LogP contribution in [0.4, 0.5) is 0 Å². The summed E-state index contributed by atoms with van der Waals surface area (Å²) in [6.07, 6.45) is 6.86. The van der Waals surface area contributed by atoms with Gasteiger partial charge in [-0.05, 0) is 31.1 Å². The predicted molar refractivity (Wildman–Crippen MR) is 79.5 cm³/mol. The van der Waals surface area contributed by atoms with E-state index in [4.69, 9.17) is 0 Å². The highest BCUT2D eigenvalue weighted by Gasteiger charge is 2.43. The molecule has 1 spiro atoms. The molecular formula is C12H24IN3. The Hall–Kier alpha value is 0. The van der Waals surface area contributed by atoms with Crippen molar-refractivity contribution in [2.45, 2.75) is 39.0 Å². The molecule has 1 saturated carbocycles. The highest BCUT2D eigenvalue weighted by Crippen LogP contribution is 2.47. The Morgan fingerprint density at radius 3 is 2.56 bits per heavy atom. The van der Waals surface area contributed by atoms with Crippen molar-refractivity contribution in [2.75, 3.05) is 26.7 Å². The van der Waals surface area contributed by atoms with Crippen LogP contribution in [0.5, 0.6) is 0 Å². The number of rotatable bonds is 2. The Balaban J connectivity index is 0.00000128. The molecule has 0 aromatic carbocycles. The lowest BCUT2D eigenvalue weighted by atomic mass is 9.68. The first-order chi connectivity index (χ1) is 7.29. The normalized spacial score (nSPS) is 22.9. The molecular weight excluding hydrogens is 313 g/mol. The summed E-state index contributed by atoms with van der Waals surface area (Å²) in [5, 5.41) is 3.42. The van der Waals surface area contributed by atoms with Crippen LogP contribution in [0.1, 0.15) is 39.0 Å². The average molecular weight is 337 g/mol. The number of likely N-dealkylation sites (tertiary alicyclic amines) is 1. The lowest BCUT2D eigenvalue weighted by molar-refractivity contribution is 0.151. The lowest BCUT2D eigenvalue weighted by Crippen LogP contribution is -2.42. The summed E-state index contributed by atoms with van der Waals surface area (Å²) >= 11 is 0. The first-order valence-corrected chi connectivity index (χ1v) is 6.25. The van der Waals surface area contributed by atoms with Gasteiger partial charge in [0, 0.05) is 26.7 Å². The van der Waals surface area contributed by atoms with Gasteiger partial charge in [-0.25, -0.2) is 0 Å². The topological polar surface area (TPSA) is 27.6 Å². The molecule has 1 aliphatic heterocycles. The smallest absolute Gasteiger partial charge is 0.193 e. The lowest BCUT2D eigenvalue weighted by Gasteiger charge is -2.38. The minimum Gasteiger partial charge on any atom is -0.356 e. The van der Waals surface area contributed by atoms with E-state index in [-0.39, 0.29) is 24.0 Å². The Morgan fingerprint density at radius 2 is 2.12 bits per heavy atom. The second-order valence-electron chi connectivity index (χ2n) is 5.00. The van der Waals surface area contributed by atoms with Gasteiger partial charge >= 0.3 is 0 Å². The highest BCUT2D eigenvalue weighted by atomic mass is 127. The largest absolute Gasteiger partial charge is 0.356 e. The highest BCUT2D eigenvalue weighted by molar-refractivity contribution is 14.0. The molecule has 0 amide bonds. The van der Waals surface area contributed by atoms with E-state index in [2.05, 4.69) is 22.1 Å². The Kier molecular flexibility index (Phi) is 5.34. The molecule has 1 saturated heterocycles. The Bertz CT molecular complexity index is 249. The summed E-state index contributed by atoms with van der Waals surface area (Å²) < 4.78 is 0. The first-order valence-electron chi connectivity index (χ1n) is 6.25. The van der Waals surface area contributed by atoms with Crippen molar-refractivity contribution in [3.8, 4) is 0 Å². The van der Waals surface area contributed by atoms with E-state index in [9.17, 15) is 0 Å². The maximum atomic E-state index is 4.36. The van der Waals surface area contributed by atoms with Crippen LogP contribution in [-0.4, -0.2) is 37.5 Å². The van der Waals surface area contributed by atoms with Crippen molar-refractivity contribution in [1.29, 1.82) is 0 Å². The summed E-state index contributed by atoms with van der Waals surface area (Å²) in [6.45, 7) is 5.66. The molecule has 16 heavy (non-hydrogen) atoms. The SMILES string of the molecule is CCCNC(=NC)N1CCC2(CCC2)C1.I. The third-order valence-corrected chi connectivity index (χ3v) is 3.90. The molecule has 0 radical (unpaired) electrons. The number of hydrogen-bond donors (Lipinski definition) is 1. The van der Waals surface area contributed by atoms with E-state index in [0.29, 0.717) is 5.41 Å². The molecule has 0 aromatic rings. The van der Waals surface area contributed by atoms with Gasteiger partial charge in [-0.3, -0.25) is 4.99 Å². The third kappa shape index (κ3) is 2.81. The third-order valence-electron chi connectivity index (χ3n) is 3.90. The molecule has 0 atom stereocenters. The van der Waals surface area contributed by atoms with E-state index < -0.39 is 0 Å². The van der Waals surface area contributed by atoms with Gasteiger partial charge in [0.15, 0.2) is 5.96 Å². The zero-order valence-electron chi connectivity index (χ0n) is 10.5. The van der Waals surface area contributed by atoms with Gasteiger partial charge in [0.05, 0.1) is 0 Å². The monoisotopic (exact) mass is 337 g/mol. The Labute approximate surface area is 116 Å². The number of aliphatic imine (C=N–C) groups is 1. The van der Waals surface area contributed by atoms with Crippen molar-refractivity contribution in [1.82, 2.24) is 10.2 Å². The number of nitrogens with zero attached hydrogens (tertiary/aromatic N) is 2. The van der Waals surface area contributed by atoms with Crippen LogP contribution >= 0.6 is 24.0 Å². The number of guanidine groups is 1. The summed E-state index contributed by atoms with van der Waals surface area (Å²) in [6, 6.07) is 0. The van der Waals surface area contributed by atoms with Crippen molar-refractivity contribution >= 4 is 29.9 Å². The van der Waals surface area contributed by atoms with Crippen LogP contribution in [0.25, 0.3) is 0 Å². The van der Waals surface area contributed by atoms with Gasteiger partial charge in [0.1, 0.15) is 0 Å². The van der Waals surface area contributed by atoms with Crippen LogP contribution in [-0.2, 0) is 0 Å². The molecule has 2 aliphatic rings. The van der Waals surface area contributed by atoms with Crippen LogP contribution in [0, 0.1) is 5.41 Å². The van der Waals surface area contributed by atoms with Gasteiger partial charge in [-0.1, -0.05) is 13.3 Å². The predicted octanol–water partition coefficient (Wildman–Crippen LogP) is 2.47. The van der Waals surface area contributed by atoms with Crippen molar-refractivity contribution in [3.63, 3.8) is 0 Å². The fourth-order valence-corrected chi connectivity index (χ4v) is 2.77. The molecule has 3 nitrogen and oxygen atoms in total. The molecule has 94 valence electrons. The maximum Gasteiger partial charge on any atom is 0.193 e. The standard InChI is InChI=1S/C12H23N3.HI/c1-3-8-14-11(13-2)15-9-7-12(10-15)5-4-6-12;/h3-10H2,1-2H3,(H,13,14);1H. The fourth-order valence-electron chi connectivity index (χ4n) is 2.77. The van der Waals surface area contributed by atoms with Gasteiger partial charge in [-0.2, -0.15) is 0 Å². The summed E-state index contributed by atoms with van der Waals surface area (Å²) in [4.78, 5) is 6.80. The minimum atomic E-state index is 0. The summed E-state index contributed by atoms with van der Waals surface area (Å²) in [7, 11) is 1.89. The summed E-state index contributed by atoms with van der Waals surface area (Å²) in [5.74, 6) is 1.11. The zero-order chi connectivity index (χ0) is 10.7. The molecule has 2 rings (SSSR count). The molecule has 2 fully saturated rings. The zero-order valence-corrected chi connectivity index (χ0v) is 12.8. The van der Waals surface area contributed by atoms with E-state index in [1.54, 1.807) is 0 Å². The van der Waals surface area contributed by atoms with Crippen LogP contribution < -0.4 is 5.32 Å². The quantitative estimate of drug-likeness (QED) is 0.476. The molecule has 1 aliphatic carbocycles. The van der Waals surface area contributed by atoms with E-state index >= 15 is 0 Å². The second-order valence-corrected chi connectivity index (χ2v) is 5.00. The Morgan fingerprint density at radius 1 is 1.38 bits per heavy atom.